The molecule has 1 aliphatic heterocycles. The van der Waals surface area contributed by atoms with E-state index in [-0.39, 0.29) is 11.6 Å². The molecule has 2 rings (SSSR count). The number of aromatic amines is 1. The maximum atomic E-state index is 12.2. The number of hydrazine groups is 1. The lowest BCUT2D eigenvalue weighted by molar-refractivity contribution is 0.199. The van der Waals surface area contributed by atoms with Crippen LogP contribution in [0, 0.1) is 6.92 Å². The van der Waals surface area contributed by atoms with Gasteiger partial charge < -0.3 is 5.73 Å². The van der Waals surface area contributed by atoms with Crippen molar-refractivity contribution >= 4 is 10.0 Å². The van der Waals surface area contributed by atoms with Crippen LogP contribution in [0.1, 0.15) is 30.5 Å². The average Bonchev–Trinajstić information content (AvgIpc) is 2.72. The number of sulfonamides is 1. The van der Waals surface area contributed by atoms with Gasteiger partial charge in [0, 0.05) is 30.9 Å². The molecule has 1 aromatic rings. The lowest BCUT2D eigenvalue weighted by atomic mass is 10.2. The predicted octanol–water partition coefficient (Wildman–Crippen LogP) is -0.144. The number of nitrogens with one attached hydrogen (secondary N) is 2. The second-order valence-corrected chi connectivity index (χ2v) is 6.06. The zero-order valence-corrected chi connectivity index (χ0v) is 11.3. The number of hydrogen-bond acceptors (Lipinski definition) is 5. The smallest absolute Gasteiger partial charge is 0.273 e. The fourth-order valence-corrected chi connectivity index (χ4v) is 3.43. The maximum Gasteiger partial charge on any atom is 0.273 e. The third-order valence-corrected chi connectivity index (χ3v) is 4.45. The quantitative estimate of drug-likeness (QED) is 0.708. The first-order valence-corrected chi connectivity index (χ1v) is 7.54. The van der Waals surface area contributed by atoms with E-state index in [1.165, 1.54) is 0 Å². The van der Waals surface area contributed by atoms with Gasteiger partial charge in [0.2, 0.25) is 0 Å². The van der Waals surface area contributed by atoms with Crippen molar-refractivity contribution in [2.24, 2.45) is 5.73 Å². The minimum Gasteiger partial charge on any atom is -0.326 e. The van der Waals surface area contributed by atoms with Gasteiger partial charge in [-0.25, -0.2) is 13.4 Å². The van der Waals surface area contributed by atoms with Crippen molar-refractivity contribution in [2.45, 2.75) is 37.8 Å². The van der Waals surface area contributed by atoms with Crippen LogP contribution in [0.15, 0.2) is 5.03 Å². The normalized spacial score (nSPS) is 18.1. The summed E-state index contributed by atoms with van der Waals surface area (Å²) >= 11 is 0. The van der Waals surface area contributed by atoms with E-state index in [0.29, 0.717) is 11.3 Å². The number of hydrogen-bond donors (Lipinski definition) is 3. The van der Waals surface area contributed by atoms with Gasteiger partial charge in [-0.1, -0.05) is 6.42 Å². The minimum atomic E-state index is -3.63. The second-order valence-electron chi connectivity index (χ2n) is 4.48. The molecule has 2 heterocycles. The topological polar surface area (TPSA) is 104 Å². The summed E-state index contributed by atoms with van der Waals surface area (Å²) in [4.78, 5) is 2.57. The highest BCUT2D eigenvalue weighted by Crippen LogP contribution is 2.16. The van der Waals surface area contributed by atoms with Gasteiger partial charge >= 0.3 is 0 Å². The Kier molecular flexibility index (Phi) is 4.00. The van der Waals surface area contributed by atoms with Crippen molar-refractivity contribution in [1.29, 1.82) is 0 Å². The molecule has 0 bridgehead atoms. The van der Waals surface area contributed by atoms with Crippen molar-refractivity contribution in [1.82, 2.24) is 20.0 Å². The van der Waals surface area contributed by atoms with E-state index in [1.54, 1.807) is 11.9 Å². The molecule has 0 spiro atoms. The molecule has 0 unspecified atom stereocenters. The monoisotopic (exact) mass is 273 g/mol. The number of aromatic nitrogens is 2. The molecule has 7 nitrogen and oxygen atoms in total. The van der Waals surface area contributed by atoms with E-state index in [2.05, 4.69) is 15.0 Å². The van der Waals surface area contributed by atoms with Crippen LogP contribution in [-0.4, -0.2) is 36.7 Å². The molecule has 0 saturated carbocycles. The molecule has 0 aliphatic carbocycles. The lowest BCUT2D eigenvalue weighted by Gasteiger charge is -2.26. The molecule has 0 amide bonds. The van der Waals surface area contributed by atoms with Crippen LogP contribution in [0.25, 0.3) is 0 Å². The molecule has 1 aliphatic rings. The number of nitrogens with zero attached hydrogens (tertiary/aromatic N) is 2. The zero-order valence-electron chi connectivity index (χ0n) is 10.4. The Balaban J connectivity index is 2.19. The van der Waals surface area contributed by atoms with E-state index in [4.69, 9.17) is 5.73 Å². The van der Waals surface area contributed by atoms with Gasteiger partial charge in [0.05, 0.1) is 0 Å². The molecule has 1 saturated heterocycles. The van der Waals surface area contributed by atoms with Crippen LogP contribution >= 0.6 is 0 Å². The molecule has 8 heteroatoms. The molecule has 4 N–H and O–H groups in total. The van der Waals surface area contributed by atoms with Gasteiger partial charge in [0.1, 0.15) is 0 Å². The average molecular weight is 273 g/mol. The van der Waals surface area contributed by atoms with E-state index in [1.807, 2.05) is 0 Å². The number of piperidine rings is 1. The van der Waals surface area contributed by atoms with E-state index in [9.17, 15) is 8.42 Å². The fourth-order valence-electron chi connectivity index (χ4n) is 2.09. The molecule has 1 fully saturated rings. The van der Waals surface area contributed by atoms with E-state index < -0.39 is 10.0 Å². The predicted molar refractivity (Wildman–Crippen MR) is 67.0 cm³/mol. The first-order valence-electron chi connectivity index (χ1n) is 6.06. The third kappa shape index (κ3) is 2.72. The molecule has 1 aromatic heterocycles. The Hall–Kier alpha value is -0.960. The Morgan fingerprint density at radius 2 is 2.06 bits per heavy atom. The molecule has 18 heavy (non-hydrogen) atoms. The van der Waals surface area contributed by atoms with Gasteiger partial charge in [0.25, 0.3) is 10.0 Å². The SMILES string of the molecule is Cc1[nH]nc(S(=O)(=O)NN2CCCCC2)c1CN. The van der Waals surface area contributed by atoms with Crippen molar-refractivity contribution in [3.8, 4) is 0 Å². The van der Waals surface area contributed by atoms with Crippen LogP contribution < -0.4 is 10.6 Å². The summed E-state index contributed by atoms with van der Waals surface area (Å²) in [5, 5.41) is 8.24. The third-order valence-electron chi connectivity index (χ3n) is 3.10. The summed E-state index contributed by atoms with van der Waals surface area (Å²) in [6.07, 6.45) is 3.16. The second kappa shape index (κ2) is 5.35. The lowest BCUT2D eigenvalue weighted by Crippen LogP contribution is -2.45. The van der Waals surface area contributed by atoms with Crippen LogP contribution in [0.5, 0.6) is 0 Å². The standard InChI is InChI=1S/C10H19N5O2S/c1-8-9(7-11)10(13-12-8)18(16,17)14-15-5-3-2-4-6-15/h14H,2-7,11H2,1H3,(H,12,13). The highest BCUT2D eigenvalue weighted by molar-refractivity contribution is 7.89. The summed E-state index contributed by atoms with van der Waals surface area (Å²) in [5.74, 6) is 0. The van der Waals surface area contributed by atoms with Gasteiger partial charge in [-0.3, -0.25) is 5.10 Å². The van der Waals surface area contributed by atoms with Crippen LogP contribution in [0.4, 0.5) is 0 Å². The summed E-state index contributed by atoms with van der Waals surface area (Å²) in [6.45, 7) is 3.38. The van der Waals surface area contributed by atoms with Crippen molar-refractivity contribution < 1.29 is 8.42 Å². The largest absolute Gasteiger partial charge is 0.326 e. The van der Waals surface area contributed by atoms with Crippen LogP contribution in [0.2, 0.25) is 0 Å². The van der Waals surface area contributed by atoms with Crippen molar-refractivity contribution in [3.05, 3.63) is 11.3 Å². The summed E-state index contributed by atoms with van der Waals surface area (Å²) in [6, 6.07) is 0. The van der Waals surface area contributed by atoms with Gasteiger partial charge in [-0.15, -0.1) is 4.83 Å². The Labute approximate surface area is 107 Å². The molecule has 0 aromatic carbocycles. The number of nitrogens with two attached hydrogens (primary N) is 1. The molecule has 0 radical (unpaired) electrons. The highest BCUT2D eigenvalue weighted by atomic mass is 32.2. The Bertz CT molecular complexity index is 504. The van der Waals surface area contributed by atoms with Crippen molar-refractivity contribution in [3.63, 3.8) is 0 Å². The highest BCUT2D eigenvalue weighted by Gasteiger charge is 2.25. The number of H-pyrrole nitrogens is 1. The Morgan fingerprint density at radius 1 is 1.39 bits per heavy atom. The van der Waals surface area contributed by atoms with Crippen molar-refractivity contribution in [2.75, 3.05) is 13.1 Å². The van der Waals surface area contributed by atoms with Gasteiger partial charge in [-0.2, -0.15) is 5.10 Å². The molecular weight excluding hydrogens is 254 g/mol. The molecule has 102 valence electrons. The first-order chi connectivity index (χ1) is 8.54. The van der Waals surface area contributed by atoms with Crippen LogP contribution in [-0.2, 0) is 16.6 Å². The minimum absolute atomic E-state index is 0.00748. The first kappa shape index (κ1) is 13.5. The van der Waals surface area contributed by atoms with Gasteiger partial charge in [0.15, 0.2) is 5.03 Å². The summed E-state index contributed by atoms with van der Waals surface area (Å²) in [7, 11) is -3.63. The van der Waals surface area contributed by atoms with E-state index in [0.717, 1.165) is 32.4 Å². The van der Waals surface area contributed by atoms with Crippen LogP contribution in [0.3, 0.4) is 0 Å². The number of rotatable bonds is 4. The fraction of sp³-hybridized carbons (Fsp3) is 0.700. The van der Waals surface area contributed by atoms with Gasteiger partial charge in [-0.05, 0) is 19.8 Å². The zero-order chi connectivity index (χ0) is 13.2. The summed E-state index contributed by atoms with van der Waals surface area (Å²) in [5.41, 5.74) is 6.79. The summed E-state index contributed by atoms with van der Waals surface area (Å²) < 4.78 is 24.4. The maximum absolute atomic E-state index is 12.2. The number of aryl methyl sites for hydroxylation is 1. The Morgan fingerprint density at radius 3 is 2.67 bits per heavy atom. The molecular formula is C10H19N5O2S. The van der Waals surface area contributed by atoms with E-state index >= 15 is 0 Å². The molecule has 0 atom stereocenters.